The molecule has 1 aromatic carbocycles. The van der Waals surface area contributed by atoms with Crippen molar-refractivity contribution in [3.63, 3.8) is 0 Å². The highest BCUT2D eigenvalue weighted by Crippen LogP contribution is 2.12. The molecule has 0 bridgehead atoms. The number of hydrogen-bond donors (Lipinski definition) is 0. The Kier molecular flexibility index (Phi) is 2.83. The Morgan fingerprint density at radius 3 is 2.63 bits per heavy atom. The lowest BCUT2D eigenvalue weighted by atomic mass is 10.1. The lowest BCUT2D eigenvalue weighted by molar-refractivity contribution is 0.112. The number of imidazole rings is 1. The minimum atomic E-state index is -0.241. The quantitative estimate of drug-likeness (QED) is 0.673. The third-order valence-corrected chi connectivity index (χ3v) is 2.96. The molecular formula is C15H11FN2O. The Morgan fingerprint density at radius 1 is 1.11 bits per heavy atom. The zero-order valence-corrected chi connectivity index (χ0v) is 10.1. The maximum Gasteiger partial charge on any atom is 0.151 e. The smallest absolute Gasteiger partial charge is 0.151 e. The van der Waals surface area contributed by atoms with Crippen LogP contribution in [0.15, 0.2) is 48.8 Å². The summed E-state index contributed by atoms with van der Waals surface area (Å²) in [6.07, 6.45) is 5.06. The van der Waals surface area contributed by atoms with E-state index in [0.29, 0.717) is 12.0 Å². The third kappa shape index (κ3) is 2.38. The number of carbonyl (C=O) groups excluding carboxylic acids is 1. The molecule has 0 unspecified atom stereocenters. The average Bonchev–Trinajstić information content (AvgIpc) is 2.82. The third-order valence-electron chi connectivity index (χ3n) is 2.96. The summed E-state index contributed by atoms with van der Waals surface area (Å²) in [5.41, 5.74) is 3.29. The Labute approximate surface area is 109 Å². The van der Waals surface area contributed by atoms with Gasteiger partial charge in [-0.3, -0.25) is 4.79 Å². The van der Waals surface area contributed by atoms with Crippen LogP contribution in [0.3, 0.4) is 0 Å². The first kappa shape index (κ1) is 11.6. The number of halogens is 1. The van der Waals surface area contributed by atoms with Crippen molar-refractivity contribution in [3.05, 3.63) is 71.4 Å². The van der Waals surface area contributed by atoms with Crippen molar-refractivity contribution in [2.75, 3.05) is 0 Å². The summed E-state index contributed by atoms with van der Waals surface area (Å²) in [6, 6.07) is 9.91. The van der Waals surface area contributed by atoms with Crippen molar-refractivity contribution in [2.24, 2.45) is 0 Å². The average molecular weight is 254 g/mol. The minimum absolute atomic E-state index is 0.241. The molecule has 0 aliphatic carbocycles. The van der Waals surface area contributed by atoms with Crippen LogP contribution < -0.4 is 0 Å². The first-order chi connectivity index (χ1) is 9.24. The van der Waals surface area contributed by atoms with Crippen molar-refractivity contribution in [1.29, 1.82) is 0 Å². The van der Waals surface area contributed by atoms with E-state index < -0.39 is 0 Å². The molecule has 3 aromatic rings. The van der Waals surface area contributed by atoms with Gasteiger partial charge >= 0.3 is 0 Å². The molecule has 0 amide bonds. The Balaban J connectivity index is 1.92. The van der Waals surface area contributed by atoms with Crippen LogP contribution in [-0.4, -0.2) is 15.7 Å². The number of pyridine rings is 1. The molecule has 0 atom stereocenters. The van der Waals surface area contributed by atoms with Gasteiger partial charge in [0.2, 0.25) is 0 Å². The SMILES string of the molecule is O=Cc1ccc2nc(Cc3ccc(F)cc3)cn2c1. The molecule has 0 radical (unpaired) electrons. The number of aldehydes is 1. The summed E-state index contributed by atoms with van der Waals surface area (Å²) in [6.45, 7) is 0. The van der Waals surface area contributed by atoms with Gasteiger partial charge in [0.1, 0.15) is 11.5 Å². The Hall–Kier alpha value is -2.49. The topological polar surface area (TPSA) is 34.4 Å². The number of carbonyl (C=O) groups is 1. The van der Waals surface area contributed by atoms with Gasteiger partial charge < -0.3 is 4.40 Å². The molecule has 0 aliphatic heterocycles. The largest absolute Gasteiger partial charge is 0.306 e. The molecule has 0 fully saturated rings. The molecule has 0 spiro atoms. The van der Waals surface area contributed by atoms with Gasteiger partial charge in [-0.05, 0) is 29.8 Å². The van der Waals surface area contributed by atoms with Crippen LogP contribution >= 0.6 is 0 Å². The fraction of sp³-hybridized carbons (Fsp3) is 0.0667. The van der Waals surface area contributed by atoms with E-state index in [2.05, 4.69) is 4.98 Å². The number of nitrogens with zero attached hydrogens (tertiary/aromatic N) is 2. The molecule has 0 N–H and O–H groups in total. The second-order valence-corrected chi connectivity index (χ2v) is 4.38. The van der Waals surface area contributed by atoms with Gasteiger partial charge in [-0.15, -0.1) is 0 Å². The monoisotopic (exact) mass is 254 g/mol. The predicted molar refractivity (Wildman–Crippen MR) is 69.8 cm³/mol. The maximum absolute atomic E-state index is 12.8. The molecule has 4 heteroatoms. The fourth-order valence-corrected chi connectivity index (χ4v) is 2.03. The van der Waals surface area contributed by atoms with Gasteiger partial charge in [0.25, 0.3) is 0 Å². The number of aromatic nitrogens is 2. The van der Waals surface area contributed by atoms with Crippen LogP contribution in [0.1, 0.15) is 21.6 Å². The lowest BCUT2D eigenvalue weighted by Gasteiger charge is -1.96. The van der Waals surface area contributed by atoms with Crippen LogP contribution in [0.5, 0.6) is 0 Å². The Morgan fingerprint density at radius 2 is 1.89 bits per heavy atom. The lowest BCUT2D eigenvalue weighted by Crippen LogP contribution is -1.88. The maximum atomic E-state index is 12.8. The van der Waals surface area contributed by atoms with Crippen molar-refractivity contribution in [2.45, 2.75) is 6.42 Å². The second kappa shape index (κ2) is 4.65. The molecule has 0 saturated carbocycles. The van der Waals surface area contributed by atoms with Crippen LogP contribution in [-0.2, 0) is 6.42 Å². The van der Waals surface area contributed by atoms with Crippen molar-refractivity contribution < 1.29 is 9.18 Å². The standard InChI is InChI=1S/C15H11FN2O/c16-13-4-1-11(2-5-13)7-14-9-18-8-12(10-19)3-6-15(18)17-14/h1-6,8-10H,7H2. The molecule has 3 nitrogen and oxygen atoms in total. The minimum Gasteiger partial charge on any atom is -0.306 e. The molecule has 19 heavy (non-hydrogen) atoms. The second-order valence-electron chi connectivity index (χ2n) is 4.38. The summed E-state index contributed by atoms with van der Waals surface area (Å²) in [7, 11) is 0. The summed E-state index contributed by atoms with van der Waals surface area (Å²) in [5, 5.41) is 0. The van der Waals surface area contributed by atoms with E-state index in [1.165, 1.54) is 12.1 Å². The van der Waals surface area contributed by atoms with E-state index in [0.717, 1.165) is 23.2 Å². The number of rotatable bonds is 3. The van der Waals surface area contributed by atoms with Gasteiger partial charge in [0.15, 0.2) is 6.29 Å². The Bertz CT molecular complexity index is 731. The molecule has 2 aromatic heterocycles. The summed E-state index contributed by atoms with van der Waals surface area (Å²) in [5.74, 6) is -0.241. The summed E-state index contributed by atoms with van der Waals surface area (Å²) >= 11 is 0. The molecule has 94 valence electrons. The highest BCUT2D eigenvalue weighted by atomic mass is 19.1. The van der Waals surface area contributed by atoms with Gasteiger partial charge in [-0.25, -0.2) is 9.37 Å². The summed E-state index contributed by atoms with van der Waals surface area (Å²) in [4.78, 5) is 15.2. The van der Waals surface area contributed by atoms with Gasteiger partial charge in [0, 0.05) is 24.4 Å². The van der Waals surface area contributed by atoms with Crippen molar-refractivity contribution in [3.8, 4) is 0 Å². The number of fused-ring (bicyclic) bond motifs is 1. The van der Waals surface area contributed by atoms with E-state index in [1.807, 2.05) is 10.6 Å². The highest BCUT2D eigenvalue weighted by molar-refractivity contribution is 5.74. The van der Waals surface area contributed by atoms with Crippen LogP contribution in [0.25, 0.3) is 5.65 Å². The van der Waals surface area contributed by atoms with Gasteiger partial charge in [-0.2, -0.15) is 0 Å². The van der Waals surface area contributed by atoms with Crippen LogP contribution in [0, 0.1) is 5.82 Å². The van der Waals surface area contributed by atoms with Crippen LogP contribution in [0.2, 0.25) is 0 Å². The first-order valence-electron chi connectivity index (χ1n) is 5.92. The van der Waals surface area contributed by atoms with E-state index >= 15 is 0 Å². The van der Waals surface area contributed by atoms with E-state index in [4.69, 9.17) is 0 Å². The number of hydrogen-bond acceptors (Lipinski definition) is 2. The molecular weight excluding hydrogens is 243 g/mol. The van der Waals surface area contributed by atoms with Crippen molar-refractivity contribution >= 4 is 11.9 Å². The van der Waals surface area contributed by atoms with Crippen molar-refractivity contribution in [1.82, 2.24) is 9.38 Å². The molecule has 3 rings (SSSR count). The van der Waals surface area contributed by atoms with E-state index in [9.17, 15) is 9.18 Å². The van der Waals surface area contributed by atoms with E-state index in [-0.39, 0.29) is 5.82 Å². The van der Waals surface area contributed by atoms with Gasteiger partial charge in [-0.1, -0.05) is 12.1 Å². The predicted octanol–water partition coefficient (Wildman–Crippen LogP) is 2.88. The molecule has 2 heterocycles. The first-order valence-corrected chi connectivity index (χ1v) is 5.92. The number of benzene rings is 1. The van der Waals surface area contributed by atoms with Crippen LogP contribution in [0.4, 0.5) is 4.39 Å². The highest BCUT2D eigenvalue weighted by Gasteiger charge is 2.04. The normalized spacial score (nSPS) is 10.8. The molecule has 0 saturated heterocycles. The zero-order valence-electron chi connectivity index (χ0n) is 10.1. The fourth-order valence-electron chi connectivity index (χ4n) is 2.03. The van der Waals surface area contributed by atoms with E-state index in [1.54, 1.807) is 30.5 Å². The van der Waals surface area contributed by atoms with Gasteiger partial charge in [0.05, 0.1) is 5.69 Å². The molecule has 0 aliphatic rings. The zero-order chi connectivity index (χ0) is 13.2. The summed E-state index contributed by atoms with van der Waals surface area (Å²) < 4.78 is 14.6.